The van der Waals surface area contributed by atoms with Crippen molar-refractivity contribution in [1.29, 1.82) is 0 Å². The zero-order chi connectivity index (χ0) is 12.3. The van der Waals surface area contributed by atoms with Crippen LogP contribution in [-0.4, -0.2) is 23.4 Å². The standard InChI is InChI=1S/C14H26O2/c1-10(15)11(2)16-12(3)13-7-6-8-14(4,5)9-13/h7,10-12,15H,6,8-9H2,1-5H3. The van der Waals surface area contributed by atoms with E-state index in [2.05, 4.69) is 26.8 Å². The molecule has 2 heteroatoms. The van der Waals surface area contributed by atoms with E-state index in [0.717, 1.165) is 12.8 Å². The Morgan fingerprint density at radius 2 is 1.94 bits per heavy atom. The molecule has 0 saturated heterocycles. The Morgan fingerprint density at radius 3 is 2.44 bits per heavy atom. The quantitative estimate of drug-likeness (QED) is 0.745. The van der Waals surface area contributed by atoms with E-state index in [1.807, 2.05) is 6.92 Å². The molecule has 0 radical (unpaired) electrons. The predicted octanol–water partition coefficient (Wildman–Crippen LogP) is 3.30. The van der Waals surface area contributed by atoms with E-state index < -0.39 is 6.10 Å². The summed E-state index contributed by atoms with van der Waals surface area (Å²) in [4.78, 5) is 0. The summed E-state index contributed by atoms with van der Waals surface area (Å²) in [6.45, 7) is 10.4. The number of aliphatic hydroxyl groups excluding tert-OH is 1. The predicted molar refractivity (Wildman–Crippen MR) is 67.4 cm³/mol. The lowest BCUT2D eigenvalue weighted by atomic mass is 9.76. The van der Waals surface area contributed by atoms with Crippen LogP contribution in [0.2, 0.25) is 0 Å². The molecular formula is C14H26O2. The summed E-state index contributed by atoms with van der Waals surface area (Å²) in [5.41, 5.74) is 1.79. The molecule has 1 N–H and O–H groups in total. The first-order valence-corrected chi connectivity index (χ1v) is 6.34. The first kappa shape index (κ1) is 13.7. The van der Waals surface area contributed by atoms with E-state index in [1.165, 1.54) is 12.0 Å². The molecule has 0 saturated carbocycles. The second-order valence-corrected chi connectivity index (χ2v) is 5.88. The number of hydrogen-bond donors (Lipinski definition) is 1. The van der Waals surface area contributed by atoms with Crippen molar-refractivity contribution in [2.75, 3.05) is 0 Å². The van der Waals surface area contributed by atoms with Gasteiger partial charge in [0.05, 0.1) is 18.3 Å². The van der Waals surface area contributed by atoms with E-state index in [0.29, 0.717) is 5.41 Å². The second-order valence-electron chi connectivity index (χ2n) is 5.88. The topological polar surface area (TPSA) is 29.5 Å². The maximum atomic E-state index is 9.43. The number of rotatable bonds is 4. The van der Waals surface area contributed by atoms with Crippen LogP contribution < -0.4 is 0 Å². The third-order valence-electron chi connectivity index (χ3n) is 3.53. The normalized spacial score (nSPS) is 25.8. The molecule has 0 fully saturated rings. The Balaban J connectivity index is 2.54. The van der Waals surface area contributed by atoms with Gasteiger partial charge in [0.15, 0.2) is 0 Å². The molecule has 1 aliphatic carbocycles. The SMILES string of the molecule is CC(OC(C)C(C)O)C1=CCCC(C)(C)C1. The van der Waals surface area contributed by atoms with Crippen LogP contribution in [0.4, 0.5) is 0 Å². The zero-order valence-electron chi connectivity index (χ0n) is 11.3. The van der Waals surface area contributed by atoms with Gasteiger partial charge >= 0.3 is 0 Å². The zero-order valence-corrected chi connectivity index (χ0v) is 11.3. The van der Waals surface area contributed by atoms with Crippen molar-refractivity contribution in [2.45, 2.75) is 72.2 Å². The lowest BCUT2D eigenvalue weighted by molar-refractivity contribution is -0.0443. The van der Waals surface area contributed by atoms with Crippen LogP contribution in [-0.2, 0) is 4.74 Å². The molecule has 1 aliphatic rings. The third-order valence-corrected chi connectivity index (χ3v) is 3.53. The van der Waals surface area contributed by atoms with Crippen molar-refractivity contribution in [3.05, 3.63) is 11.6 Å². The first-order chi connectivity index (χ1) is 7.32. The molecule has 0 heterocycles. The average molecular weight is 226 g/mol. The van der Waals surface area contributed by atoms with Gasteiger partial charge in [-0.3, -0.25) is 0 Å². The molecule has 0 spiro atoms. The van der Waals surface area contributed by atoms with Crippen molar-refractivity contribution in [3.8, 4) is 0 Å². The summed E-state index contributed by atoms with van der Waals surface area (Å²) in [7, 11) is 0. The maximum absolute atomic E-state index is 9.43. The molecule has 0 amide bonds. The minimum atomic E-state index is -0.403. The smallest absolute Gasteiger partial charge is 0.0811 e. The summed E-state index contributed by atoms with van der Waals surface area (Å²) in [6, 6.07) is 0. The number of allylic oxidation sites excluding steroid dienone is 1. The van der Waals surface area contributed by atoms with Gasteiger partial charge < -0.3 is 9.84 Å². The van der Waals surface area contributed by atoms with Gasteiger partial charge in [-0.15, -0.1) is 0 Å². The fourth-order valence-corrected chi connectivity index (χ4v) is 2.19. The van der Waals surface area contributed by atoms with E-state index in [9.17, 15) is 5.11 Å². The second kappa shape index (κ2) is 5.33. The Labute approximate surface area is 99.7 Å². The minimum absolute atomic E-state index is 0.0964. The van der Waals surface area contributed by atoms with Gasteiger partial charge in [0.2, 0.25) is 0 Å². The van der Waals surface area contributed by atoms with Crippen molar-refractivity contribution in [1.82, 2.24) is 0 Å². The van der Waals surface area contributed by atoms with E-state index in [1.54, 1.807) is 6.92 Å². The summed E-state index contributed by atoms with van der Waals surface area (Å²) < 4.78 is 5.83. The fourth-order valence-electron chi connectivity index (χ4n) is 2.19. The van der Waals surface area contributed by atoms with Crippen LogP contribution in [0.5, 0.6) is 0 Å². The molecule has 3 atom stereocenters. The highest BCUT2D eigenvalue weighted by atomic mass is 16.5. The van der Waals surface area contributed by atoms with Crippen LogP contribution in [0.15, 0.2) is 11.6 Å². The van der Waals surface area contributed by atoms with Crippen LogP contribution in [0.3, 0.4) is 0 Å². The number of aliphatic hydroxyl groups is 1. The van der Waals surface area contributed by atoms with Gasteiger partial charge in [-0.2, -0.15) is 0 Å². The van der Waals surface area contributed by atoms with Crippen molar-refractivity contribution in [3.63, 3.8) is 0 Å². The summed E-state index contributed by atoms with van der Waals surface area (Å²) in [6.07, 6.45) is 5.46. The molecule has 0 bridgehead atoms. The van der Waals surface area contributed by atoms with Gasteiger partial charge in [-0.1, -0.05) is 19.9 Å². The maximum Gasteiger partial charge on any atom is 0.0811 e. The number of hydrogen-bond acceptors (Lipinski definition) is 2. The Morgan fingerprint density at radius 1 is 1.31 bits per heavy atom. The first-order valence-electron chi connectivity index (χ1n) is 6.34. The third kappa shape index (κ3) is 3.91. The van der Waals surface area contributed by atoms with Crippen LogP contribution in [0, 0.1) is 5.41 Å². The Hall–Kier alpha value is -0.340. The van der Waals surface area contributed by atoms with Gasteiger partial charge in [-0.25, -0.2) is 0 Å². The van der Waals surface area contributed by atoms with Gasteiger partial charge in [-0.05, 0) is 51.0 Å². The molecule has 0 aromatic rings. The van der Waals surface area contributed by atoms with Crippen molar-refractivity contribution in [2.24, 2.45) is 5.41 Å². The molecule has 94 valence electrons. The van der Waals surface area contributed by atoms with E-state index in [-0.39, 0.29) is 12.2 Å². The Bertz CT molecular complexity index is 253. The molecule has 0 aromatic carbocycles. The van der Waals surface area contributed by atoms with Crippen molar-refractivity contribution < 1.29 is 9.84 Å². The Kier molecular flexibility index (Phi) is 4.57. The molecule has 2 nitrogen and oxygen atoms in total. The van der Waals surface area contributed by atoms with Gasteiger partial charge in [0, 0.05) is 0 Å². The van der Waals surface area contributed by atoms with E-state index in [4.69, 9.17) is 4.74 Å². The highest BCUT2D eigenvalue weighted by Gasteiger charge is 2.26. The lowest BCUT2D eigenvalue weighted by Gasteiger charge is -2.33. The van der Waals surface area contributed by atoms with E-state index >= 15 is 0 Å². The van der Waals surface area contributed by atoms with Gasteiger partial charge in [0.25, 0.3) is 0 Å². The summed E-state index contributed by atoms with van der Waals surface area (Å²) >= 11 is 0. The van der Waals surface area contributed by atoms with Crippen molar-refractivity contribution >= 4 is 0 Å². The molecule has 1 rings (SSSR count). The van der Waals surface area contributed by atoms with Crippen LogP contribution in [0.25, 0.3) is 0 Å². The summed E-state index contributed by atoms with van der Waals surface area (Å²) in [5, 5.41) is 9.43. The summed E-state index contributed by atoms with van der Waals surface area (Å²) in [5.74, 6) is 0. The lowest BCUT2D eigenvalue weighted by Crippen LogP contribution is -2.30. The molecule has 16 heavy (non-hydrogen) atoms. The molecular weight excluding hydrogens is 200 g/mol. The highest BCUT2D eigenvalue weighted by Crippen LogP contribution is 2.37. The molecule has 0 aliphatic heterocycles. The fraction of sp³-hybridized carbons (Fsp3) is 0.857. The van der Waals surface area contributed by atoms with Gasteiger partial charge in [0.1, 0.15) is 0 Å². The largest absolute Gasteiger partial charge is 0.391 e. The monoisotopic (exact) mass is 226 g/mol. The number of ether oxygens (including phenoxy) is 1. The molecule has 0 aromatic heterocycles. The van der Waals surface area contributed by atoms with Crippen LogP contribution in [0.1, 0.15) is 53.9 Å². The molecule has 3 unspecified atom stereocenters. The van der Waals surface area contributed by atoms with Crippen LogP contribution >= 0.6 is 0 Å². The average Bonchev–Trinajstić information content (AvgIpc) is 2.15. The highest BCUT2D eigenvalue weighted by molar-refractivity contribution is 5.13. The minimum Gasteiger partial charge on any atom is -0.391 e.